The summed E-state index contributed by atoms with van der Waals surface area (Å²) in [6.07, 6.45) is 1.06. The van der Waals surface area contributed by atoms with E-state index in [1.165, 1.54) is 17.0 Å². The first-order valence-corrected chi connectivity index (χ1v) is 18.1. The Labute approximate surface area is 315 Å². The zero-order valence-corrected chi connectivity index (χ0v) is 30.3. The molecule has 3 amide bonds. The van der Waals surface area contributed by atoms with Crippen LogP contribution in [0.2, 0.25) is 0 Å². The van der Waals surface area contributed by atoms with Crippen LogP contribution in [0, 0.1) is 17.5 Å². The summed E-state index contributed by atoms with van der Waals surface area (Å²) in [4.78, 5) is 53.9. The number of hydrogen-bond donors (Lipinski definition) is 3. The molecule has 0 aliphatic carbocycles. The summed E-state index contributed by atoms with van der Waals surface area (Å²) in [6, 6.07) is 21.0. The second kappa shape index (κ2) is 18.0. The minimum Gasteiger partial charge on any atom is -0.378 e. The summed E-state index contributed by atoms with van der Waals surface area (Å²) in [7, 11) is 0. The molecule has 0 radical (unpaired) electrons. The number of carbonyl (C=O) groups excluding carboxylic acids is 3. The second-order valence-electron chi connectivity index (χ2n) is 13.1. The maximum atomic E-state index is 14.9. The number of amides is 3. The van der Waals surface area contributed by atoms with Crippen LogP contribution in [0.3, 0.4) is 0 Å². The lowest BCUT2D eigenvalue weighted by molar-refractivity contribution is -0.131. The third-order valence-electron chi connectivity index (χ3n) is 9.50. The standard InChI is InChI=1S/C41H41F3N6O5/c1-2-26-6-5-7-28(20-26)29-23-34(43)38(35(44)24-29)40(53)46-13-19-55-18-12-45-25-37(51)49-14-16-50(17-15-49)41(54)32-21-27(10-11-33(32)42)22-36-30-8-3-4-9-31(30)39(52)48-47-36/h3-11,20-21,23-24,45H,2,12-19,22,25H2,1H3,(H,46,53)(H,48,52). The molecule has 4 aromatic carbocycles. The van der Waals surface area contributed by atoms with Gasteiger partial charge in [-0.15, -0.1) is 0 Å². The highest BCUT2D eigenvalue weighted by Crippen LogP contribution is 2.26. The molecule has 0 unspecified atom stereocenters. The third-order valence-corrected chi connectivity index (χ3v) is 9.50. The molecule has 286 valence electrons. The number of ether oxygens (including phenoxy) is 1. The molecule has 0 saturated carbocycles. The van der Waals surface area contributed by atoms with E-state index in [9.17, 15) is 32.3 Å². The Kier molecular flexibility index (Phi) is 12.7. The van der Waals surface area contributed by atoms with Gasteiger partial charge in [-0.2, -0.15) is 5.10 Å². The van der Waals surface area contributed by atoms with Crippen LogP contribution in [0.5, 0.6) is 0 Å². The molecule has 0 atom stereocenters. The van der Waals surface area contributed by atoms with Crippen LogP contribution in [0.25, 0.3) is 21.9 Å². The van der Waals surface area contributed by atoms with Gasteiger partial charge in [-0.1, -0.05) is 55.5 Å². The van der Waals surface area contributed by atoms with E-state index in [0.29, 0.717) is 39.7 Å². The smallest absolute Gasteiger partial charge is 0.272 e. The summed E-state index contributed by atoms with van der Waals surface area (Å²) >= 11 is 0. The fraction of sp³-hybridized carbons (Fsp3) is 0.293. The van der Waals surface area contributed by atoms with E-state index in [2.05, 4.69) is 20.8 Å². The molecule has 1 aromatic heterocycles. The summed E-state index contributed by atoms with van der Waals surface area (Å²) in [5, 5.41) is 13.3. The number of hydrogen-bond acceptors (Lipinski definition) is 7. The minimum atomic E-state index is -0.955. The molecule has 5 aromatic rings. The van der Waals surface area contributed by atoms with Crippen molar-refractivity contribution < 1.29 is 32.3 Å². The zero-order valence-electron chi connectivity index (χ0n) is 30.3. The van der Waals surface area contributed by atoms with E-state index in [0.717, 1.165) is 24.1 Å². The first-order chi connectivity index (χ1) is 26.6. The lowest BCUT2D eigenvalue weighted by Gasteiger charge is -2.35. The fourth-order valence-corrected chi connectivity index (χ4v) is 6.48. The van der Waals surface area contributed by atoms with Crippen LogP contribution in [0.15, 0.2) is 83.7 Å². The molecule has 6 rings (SSSR count). The largest absolute Gasteiger partial charge is 0.378 e. The highest BCUT2D eigenvalue weighted by molar-refractivity contribution is 5.96. The molecule has 1 saturated heterocycles. The molecule has 1 aliphatic heterocycles. The van der Waals surface area contributed by atoms with Crippen LogP contribution in [0.4, 0.5) is 13.2 Å². The summed E-state index contributed by atoms with van der Waals surface area (Å²) < 4.78 is 49.9. The van der Waals surface area contributed by atoms with Gasteiger partial charge in [0.05, 0.1) is 36.4 Å². The van der Waals surface area contributed by atoms with Gasteiger partial charge < -0.3 is 25.2 Å². The van der Waals surface area contributed by atoms with Gasteiger partial charge in [0.2, 0.25) is 5.91 Å². The molecular formula is C41H41F3N6O5. The lowest BCUT2D eigenvalue weighted by Crippen LogP contribution is -2.52. The Hall–Kier alpha value is -5.86. The Morgan fingerprint density at radius 1 is 0.782 bits per heavy atom. The van der Waals surface area contributed by atoms with Crippen molar-refractivity contribution in [2.75, 3.05) is 59.0 Å². The molecule has 1 fully saturated rings. The number of nitrogens with zero attached hydrogens (tertiary/aromatic N) is 3. The Morgan fingerprint density at radius 3 is 2.24 bits per heavy atom. The van der Waals surface area contributed by atoms with Gasteiger partial charge in [-0.3, -0.25) is 19.2 Å². The minimum absolute atomic E-state index is 0.0254. The topological polar surface area (TPSA) is 137 Å². The van der Waals surface area contributed by atoms with Crippen LogP contribution < -0.4 is 16.2 Å². The van der Waals surface area contributed by atoms with Gasteiger partial charge in [-0.25, -0.2) is 18.3 Å². The average Bonchev–Trinajstić information content (AvgIpc) is 3.20. The van der Waals surface area contributed by atoms with Gasteiger partial charge in [0.25, 0.3) is 17.4 Å². The number of aromatic nitrogens is 2. The lowest BCUT2D eigenvalue weighted by atomic mass is 10.00. The number of halogens is 3. The monoisotopic (exact) mass is 754 g/mol. The van der Waals surface area contributed by atoms with Crippen molar-refractivity contribution in [3.63, 3.8) is 0 Å². The summed E-state index contributed by atoms with van der Waals surface area (Å²) in [5.41, 5.74) is 2.24. The first kappa shape index (κ1) is 38.9. The zero-order chi connectivity index (χ0) is 38.9. The van der Waals surface area contributed by atoms with Gasteiger partial charge in [0, 0.05) is 51.1 Å². The van der Waals surface area contributed by atoms with Crippen molar-refractivity contribution in [2.24, 2.45) is 0 Å². The van der Waals surface area contributed by atoms with E-state index in [-0.39, 0.29) is 75.9 Å². The predicted molar refractivity (Wildman–Crippen MR) is 201 cm³/mol. The number of aryl methyl sites for hydroxylation is 1. The highest BCUT2D eigenvalue weighted by atomic mass is 19.1. The maximum Gasteiger partial charge on any atom is 0.272 e. The van der Waals surface area contributed by atoms with Gasteiger partial charge >= 0.3 is 0 Å². The molecule has 14 heteroatoms. The number of rotatable bonds is 14. The Balaban J connectivity index is 0.888. The summed E-state index contributed by atoms with van der Waals surface area (Å²) in [6.45, 7) is 3.74. The van der Waals surface area contributed by atoms with Crippen molar-refractivity contribution in [2.45, 2.75) is 19.8 Å². The average molecular weight is 755 g/mol. The quantitative estimate of drug-likeness (QED) is 0.142. The van der Waals surface area contributed by atoms with E-state index in [1.807, 2.05) is 25.1 Å². The van der Waals surface area contributed by atoms with Crippen molar-refractivity contribution in [1.82, 2.24) is 30.6 Å². The predicted octanol–water partition coefficient (Wildman–Crippen LogP) is 4.48. The third kappa shape index (κ3) is 9.45. The number of piperazine rings is 1. The SMILES string of the molecule is CCc1cccc(-c2cc(F)c(C(=O)NCCOCCNCC(=O)N3CCN(C(=O)c4cc(Cc5n[nH]c(=O)c6ccccc56)ccc4F)CC3)c(F)c2)c1. The second-order valence-corrected chi connectivity index (χ2v) is 13.1. The van der Waals surface area contributed by atoms with Crippen molar-refractivity contribution >= 4 is 28.5 Å². The van der Waals surface area contributed by atoms with E-state index >= 15 is 0 Å². The normalized spacial score (nSPS) is 12.9. The molecule has 0 spiro atoms. The Bertz CT molecular complexity index is 2230. The summed E-state index contributed by atoms with van der Waals surface area (Å²) in [5.74, 6) is -4.08. The molecule has 3 N–H and O–H groups in total. The number of aromatic amines is 1. The highest BCUT2D eigenvalue weighted by Gasteiger charge is 2.27. The van der Waals surface area contributed by atoms with E-state index in [4.69, 9.17) is 4.74 Å². The number of H-pyrrole nitrogens is 1. The van der Waals surface area contributed by atoms with E-state index in [1.54, 1.807) is 41.3 Å². The van der Waals surface area contributed by atoms with Crippen molar-refractivity contribution in [3.8, 4) is 11.1 Å². The molecular weight excluding hydrogens is 713 g/mol. The molecule has 1 aliphatic rings. The molecule has 2 heterocycles. The van der Waals surface area contributed by atoms with Crippen molar-refractivity contribution in [1.29, 1.82) is 0 Å². The van der Waals surface area contributed by atoms with Crippen LogP contribution in [-0.4, -0.2) is 96.7 Å². The van der Waals surface area contributed by atoms with Gasteiger partial charge in [0.15, 0.2) is 0 Å². The van der Waals surface area contributed by atoms with Crippen LogP contribution in [-0.2, 0) is 22.4 Å². The van der Waals surface area contributed by atoms with Crippen LogP contribution >= 0.6 is 0 Å². The first-order valence-electron chi connectivity index (χ1n) is 18.1. The molecule has 11 nitrogen and oxygen atoms in total. The molecule has 55 heavy (non-hydrogen) atoms. The van der Waals surface area contributed by atoms with Gasteiger partial charge in [-0.05, 0) is 59.0 Å². The van der Waals surface area contributed by atoms with Gasteiger partial charge in [0.1, 0.15) is 23.0 Å². The Morgan fingerprint density at radius 2 is 1.49 bits per heavy atom. The number of carbonyl (C=O) groups is 3. The number of nitrogens with one attached hydrogen (secondary N) is 3. The van der Waals surface area contributed by atoms with Crippen LogP contribution in [0.1, 0.15) is 44.5 Å². The van der Waals surface area contributed by atoms with Crippen molar-refractivity contribution in [3.05, 3.63) is 135 Å². The van der Waals surface area contributed by atoms with E-state index < -0.39 is 34.8 Å². The number of benzene rings is 4. The maximum absolute atomic E-state index is 14.9. The number of fused-ring (bicyclic) bond motifs is 1. The molecule has 0 bridgehead atoms. The fourth-order valence-electron chi connectivity index (χ4n) is 6.48.